The number of phenolic OH excluding ortho intramolecular Hbond substituents is 1. The molecule has 5 heteroatoms. The minimum atomic E-state index is -0.565. The summed E-state index contributed by atoms with van der Waals surface area (Å²) >= 11 is 11.7. The van der Waals surface area contributed by atoms with Crippen LogP contribution in [0.25, 0.3) is 0 Å². The van der Waals surface area contributed by atoms with Crippen molar-refractivity contribution in [2.24, 2.45) is 0 Å². The fourth-order valence-electron chi connectivity index (χ4n) is 1.16. The molecule has 3 nitrogen and oxygen atoms in total. The summed E-state index contributed by atoms with van der Waals surface area (Å²) in [5.41, 5.74) is -0.384. The Hall–Kier alpha value is -0.930. The predicted octanol–water partition coefficient (Wildman–Crippen LogP) is 3.18. The van der Waals surface area contributed by atoms with Gasteiger partial charge in [-0.05, 0) is 39.0 Å². The molecule has 0 heterocycles. The van der Waals surface area contributed by atoms with Gasteiger partial charge in [-0.3, -0.25) is 4.79 Å². The number of alkyl halides is 1. The number of phenols is 1. The first-order valence-electron chi connectivity index (χ1n) is 5.19. The van der Waals surface area contributed by atoms with Crippen LogP contribution in [0.15, 0.2) is 18.2 Å². The predicted molar refractivity (Wildman–Crippen MR) is 70.0 cm³/mol. The molecule has 0 aliphatic carbocycles. The molecule has 2 N–H and O–H groups in total. The van der Waals surface area contributed by atoms with E-state index in [1.807, 2.05) is 13.8 Å². The Morgan fingerprint density at radius 1 is 1.47 bits per heavy atom. The van der Waals surface area contributed by atoms with Crippen LogP contribution in [-0.2, 0) is 0 Å². The second-order valence-corrected chi connectivity index (χ2v) is 5.54. The van der Waals surface area contributed by atoms with E-state index >= 15 is 0 Å². The molecule has 0 spiro atoms. The molecule has 0 saturated heterocycles. The highest BCUT2D eigenvalue weighted by molar-refractivity contribution is 6.30. The molecule has 1 aromatic carbocycles. The van der Waals surface area contributed by atoms with Gasteiger partial charge in [0.1, 0.15) is 5.75 Å². The van der Waals surface area contributed by atoms with E-state index in [0.717, 1.165) is 0 Å². The zero-order valence-electron chi connectivity index (χ0n) is 9.92. The second kappa shape index (κ2) is 5.15. The maximum atomic E-state index is 11.9. The topological polar surface area (TPSA) is 49.3 Å². The van der Waals surface area contributed by atoms with Crippen LogP contribution in [0.1, 0.15) is 31.1 Å². The second-order valence-electron chi connectivity index (χ2n) is 4.45. The highest BCUT2D eigenvalue weighted by atomic mass is 35.5. The van der Waals surface area contributed by atoms with Gasteiger partial charge in [-0.25, -0.2) is 0 Å². The van der Waals surface area contributed by atoms with Gasteiger partial charge in [0, 0.05) is 5.02 Å². The van der Waals surface area contributed by atoms with E-state index in [1.165, 1.54) is 12.1 Å². The number of carbonyl (C=O) groups is 1. The molecule has 1 unspecified atom stereocenters. The van der Waals surface area contributed by atoms with E-state index < -0.39 is 5.54 Å². The van der Waals surface area contributed by atoms with Crippen LogP contribution in [-0.4, -0.2) is 21.9 Å². The number of hydrogen-bond donors (Lipinski definition) is 2. The molecule has 0 radical (unpaired) electrons. The SMILES string of the molecule is CC(Cl)C(C)(C)NC(=O)c1ccc(Cl)cc1O. The van der Waals surface area contributed by atoms with E-state index in [9.17, 15) is 9.90 Å². The molecule has 0 aliphatic heterocycles. The number of hydrogen-bond acceptors (Lipinski definition) is 2. The molecule has 0 saturated carbocycles. The van der Waals surface area contributed by atoms with E-state index in [-0.39, 0.29) is 22.6 Å². The first-order chi connectivity index (χ1) is 7.74. The number of nitrogens with one attached hydrogen (secondary N) is 1. The molecule has 0 bridgehead atoms. The van der Waals surface area contributed by atoms with Crippen LogP contribution in [0.3, 0.4) is 0 Å². The third-order valence-electron chi connectivity index (χ3n) is 2.63. The molecule has 1 rings (SSSR count). The summed E-state index contributed by atoms with van der Waals surface area (Å²) in [5, 5.41) is 12.5. The van der Waals surface area contributed by atoms with Crippen molar-refractivity contribution in [3.63, 3.8) is 0 Å². The van der Waals surface area contributed by atoms with Gasteiger partial charge in [-0.1, -0.05) is 11.6 Å². The molecule has 0 fully saturated rings. The molecule has 0 aliphatic rings. The van der Waals surface area contributed by atoms with Crippen molar-refractivity contribution in [1.82, 2.24) is 5.32 Å². The Bertz CT molecular complexity index is 431. The van der Waals surface area contributed by atoms with Crippen LogP contribution in [0.4, 0.5) is 0 Å². The van der Waals surface area contributed by atoms with Crippen LogP contribution in [0, 0.1) is 0 Å². The monoisotopic (exact) mass is 275 g/mol. The lowest BCUT2D eigenvalue weighted by molar-refractivity contribution is 0.0910. The Kier molecular flexibility index (Phi) is 4.28. The lowest BCUT2D eigenvalue weighted by Crippen LogP contribution is -2.49. The average molecular weight is 276 g/mol. The van der Waals surface area contributed by atoms with Crippen molar-refractivity contribution >= 4 is 29.1 Å². The summed E-state index contributed by atoms with van der Waals surface area (Å²) < 4.78 is 0. The van der Waals surface area contributed by atoms with Gasteiger partial charge in [0.2, 0.25) is 0 Å². The third kappa shape index (κ3) is 3.51. The normalized spacial score (nSPS) is 13.2. The van der Waals surface area contributed by atoms with Gasteiger partial charge in [-0.15, -0.1) is 11.6 Å². The largest absolute Gasteiger partial charge is 0.507 e. The highest BCUT2D eigenvalue weighted by Crippen LogP contribution is 2.23. The van der Waals surface area contributed by atoms with Crippen LogP contribution in [0.5, 0.6) is 5.75 Å². The van der Waals surface area contributed by atoms with E-state index in [0.29, 0.717) is 5.02 Å². The van der Waals surface area contributed by atoms with Crippen LogP contribution >= 0.6 is 23.2 Å². The number of benzene rings is 1. The van der Waals surface area contributed by atoms with Gasteiger partial charge in [0.25, 0.3) is 5.91 Å². The zero-order valence-corrected chi connectivity index (χ0v) is 11.4. The summed E-state index contributed by atoms with van der Waals surface area (Å²) in [6.07, 6.45) is 0. The van der Waals surface area contributed by atoms with Gasteiger partial charge >= 0.3 is 0 Å². The Balaban J connectivity index is 2.91. The quantitative estimate of drug-likeness (QED) is 0.833. The van der Waals surface area contributed by atoms with Crippen LogP contribution < -0.4 is 5.32 Å². The standard InChI is InChI=1S/C12H15Cl2NO2/c1-7(13)12(2,3)15-11(17)9-5-4-8(14)6-10(9)16/h4-7,16H,1-3H3,(H,15,17). The maximum Gasteiger partial charge on any atom is 0.255 e. The Labute approximate surface area is 111 Å². The smallest absolute Gasteiger partial charge is 0.255 e. The molecule has 94 valence electrons. The van der Waals surface area contributed by atoms with Gasteiger partial charge in [0.15, 0.2) is 0 Å². The molecule has 1 atom stereocenters. The van der Waals surface area contributed by atoms with E-state index in [2.05, 4.69) is 5.32 Å². The van der Waals surface area contributed by atoms with Crippen molar-refractivity contribution in [1.29, 1.82) is 0 Å². The van der Waals surface area contributed by atoms with Gasteiger partial charge in [-0.2, -0.15) is 0 Å². The molecule has 0 aromatic heterocycles. The number of carbonyl (C=O) groups excluding carboxylic acids is 1. The van der Waals surface area contributed by atoms with Crippen molar-refractivity contribution in [2.45, 2.75) is 31.7 Å². The summed E-state index contributed by atoms with van der Waals surface area (Å²) in [6, 6.07) is 4.35. The van der Waals surface area contributed by atoms with Gasteiger partial charge in [0.05, 0.1) is 16.5 Å². The Morgan fingerprint density at radius 3 is 2.53 bits per heavy atom. The first kappa shape index (κ1) is 14.1. The average Bonchev–Trinajstić information content (AvgIpc) is 2.15. The van der Waals surface area contributed by atoms with Crippen molar-refractivity contribution < 1.29 is 9.90 Å². The van der Waals surface area contributed by atoms with E-state index in [1.54, 1.807) is 13.0 Å². The van der Waals surface area contributed by atoms with Crippen molar-refractivity contribution in [3.05, 3.63) is 28.8 Å². The van der Waals surface area contributed by atoms with Crippen molar-refractivity contribution in [3.8, 4) is 5.75 Å². The van der Waals surface area contributed by atoms with Crippen molar-refractivity contribution in [2.75, 3.05) is 0 Å². The molecule has 1 amide bonds. The first-order valence-corrected chi connectivity index (χ1v) is 6.00. The number of halogens is 2. The highest BCUT2D eigenvalue weighted by Gasteiger charge is 2.27. The molecular formula is C12H15Cl2NO2. The maximum absolute atomic E-state index is 11.9. The minimum Gasteiger partial charge on any atom is -0.507 e. The third-order valence-corrected chi connectivity index (χ3v) is 3.42. The van der Waals surface area contributed by atoms with Crippen LogP contribution in [0.2, 0.25) is 5.02 Å². The Morgan fingerprint density at radius 2 is 2.06 bits per heavy atom. The fourth-order valence-corrected chi connectivity index (χ4v) is 1.38. The summed E-state index contributed by atoms with van der Waals surface area (Å²) in [6.45, 7) is 5.43. The summed E-state index contributed by atoms with van der Waals surface area (Å²) in [5.74, 6) is -0.523. The molecule has 1 aromatic rings. The summed E-state index contributed by atoms with van der Waals surface area (Å²) in [7, 11) is 0. The lowest BCUT2D eigenvalue weighted by atomic mass is 10.0. The fraction of sp³-hybridized carbons (Fsp3) is 0.417. The molecule has 17 heavy (non-hydrogen) atoms. The zero-order chi connectivity index (χ0) is 13.2. The number of aromatic hydroxyl groups is 1. The lowest BCUT2D eigenvalue weighted by Gasteiger charge is -2.29. The van der Waals surface area contributed by atoms with Gasteiger partial charge < -0.3 is 10.4 Å². The summed E-state index contributed by atoms with van der Waals surface area (Å²) in [4.78, 5) is 11.9. The van der Waals surface area contributed by atoms with E-state index in [4.69, 9.17) is 23.2 Å². The number of amides is 1. The minimum absolute atomic E-state index is 0.145. The number of rotatable bonds is 3. The molecular weight excluding hydrogens is 261 g/mol.